The fraction of sp³-hybridized carbons (Fsp3) is 0.118. The SMILES string of the molecule is CC(OC(=O)c1cc(Cl)ccc1F)c1nnc(-c2ccccc2)o1. The van der Waals surface area contributed by atoms with Crippen LogP contribution in [-0.2, 0) is 4.74 Å². The molecule has 0 N–H and O–H groups in total. The van der Waals surface area contributed by atoms with Crippen LogP contribution in [0.4, 0.5) is 4.39 Å². The van der Waals surface area contributed by atoms with Crippen LogP contribution in [0, 0.1) is 5.82 Å². The van der Waals surface area contributed by atoms with Gasteiger partial charge in [-0.3, -0.25) is 0 Å². The van der Waals surface area contributed by atoms with Gasteiger partial charge < -0.3 is 9.15 Å². The van der Waals surface area contributed by atoms with E-state index in [1.165, 1.54) is 12.1 Å². The van der Waals surface area contributed by atoms with Crippen LogP contribution in [0.3, 0.4) is 0 Å². The minimum atomic E-state index is -0.859. The zero-order valence-electron chi connectivity index (χ0n) is 12.6. The molecule has 2 aromatic carbocycles. The highest BCUT2D eigenvalue weighted by Crippen LogP contribution is 2.24. The molecule has 5 nitrogen and oxygen atoms in total. The summed E-state index contributed by atoms with van der Waals surface area (Å²) in [6.45, 7) is 1.56. The molecule has 0 saturated carbocycles. The van der Waals surface area contributed by atoms with Gasteiger partial charge in [0.15, 0.2) is 6.10 Å². The highest BCUT2D eigenvalue weighted by atomic mass is 35.5. The van der Waals surface area contributed by atoms with Crippen LogP contribution in [0.2, 0.25) is 5.02 Å². The Morgan fingerprint density at radius 1 is 1.21 bits per heavy atom. The van der Waals surface area contributed by atoms with E-state index in [1.807, 2.05) is 30.3 Å². The number of ether oxygens (including phenoxy) is 1. The second-order valence-corrected chi connectivity index (χ2v) is 5.42. The smallest absolute Gasteiger partial charge is 0.341 e. The van der Waals surface area contributed by atoms with Crippen LogP contribution in [0.5, 0.6) is 0 Å². The van der Waals surface area contributed by atoms with Crippen molar-refractivity contribution in [3.8, 4) is 11.5 Å². The monoisotopic (exact) mass is 346 g/mol. The zero-order chi connectivity index (χ0) is 17.1. The Kier molecular flexibility index (Phi) is 4.57. The highest BCUT2D eigenvalue weighted by molar-refractivity contribution is 6.30. The maximum Gasteiger partial charge on any atom is 0.341 e. The average Bonchev–Trinajstić information content (AvgIpc) is 3.08. The van der Waals surface area contributed by atoms with Crippen LogP contribution in [-0.4, -0.2) is 16.2 Å². The number of aromatic nitrogens is 2. The maximum absolute atomic E-state index is 13.7. The molecule has 3 aromatic rings. The molecule has 1 atom stereocenters. The molecule has 0 saturated heterocycles. The third-order valence-corrected chi connectivity index (χ3v) is 3.48. The lowest BCUT2D eigenvalue weighted by molar-refractivity contribution is 0.0274. The van der Waals surface area contributed by atoms with Gasteiger partial charge in [0, 0.05) is 10.6 Å². The van der Waals surface area contributed by atoms with Gasteiger partial charge in [-0.2, -0.15) is 0 Å². The van der Waals surface area contributed by atoms with E-state index in [9.17, 15) is 9.18 Å². The summed E-state index contributed by atoms with van der Waals surface area (Å²) in [6, 6.07) is 12.8. The number of benzene rings is 2. The van der Waals surface area contributed by atoms with Crippen molar-refractivity contribution in [1.29, 1.82) is 0 Å². The second-order valence-electron chi connectivity index (χ2n) is 4.98. The minimum absolute atomic E-state index is 0.115. The molecule has 122 valence electrons. The molecule has 1 aromatic heterocycles. The molecule has 7 heteroatoms. The predicted octanol–water partition coefficient (Wildman–Crippen LogP) is 4.45. The summed E-state index contributed by atoms with van der Waals surface area (Å²) in [6.07, 6.45) is -0.833. The third kappa shape index (κ3) is 3.44. The number of hydrogen-bond donors (Lipinski definition) is 0. The van der Waals surface area contributed by atoms with Crippen LogP contribution in [0.25, 0.3) is 11.5 Å². The number of nitrogens with zero attached hydrogens (tertiary/aromatic N) is 2. The fourth-order valence-corrected chi connectivity index (χ4v) is 2.20. The molecule has 0 radical (unpaired) electrons. The van der Waals surface area contributed by atoms with Crippen molar-refractivity contribution >= 4 is 17.6 Å². The number of rotatable bonds is 4. The van der Waals surface area contributed by atoms with Gasteiger partial charge in [-0.05, 0) is 37.3 Å². The van der Waals surface area contributed by atoms with E-state index in [-0.39, 0.29) is 16.5 Å². The Labute approximate surface area is 142 Å². The van der Waals surface area contributed by atoms with Crippen LogP contribution in [0.1, 0.15) is 29.3 Å². The Bertz CT molecular complexity index is 867. The predicted molar refractivity (Wildman–Crippen MR) is 85.0 cm³/mol. The maximum atomic E-state index is 13.7. The largest absolute Gasteiger partial charge is 0.449 e. The topological polar surface area (TPSA) is 65.2 Å². The normalized spacial score (nSPS) is 12.0. The average molecular weight is 347 g/mol. The van der Waals surface area contributed by atoms with E-state index >= 15 is 0 Å². The van der Waals surface area contributed by atoms with E-state index in [1.54, 1.807) is 6.92 Å². The number of halogens is 2. The molecular weight excluding hydrogens is 335 g/mol. The number of carbonyl (C=O) groups is 1. The van der Waals surface area contributed by atoms with Gasteiger partial charge in [-0.25, -0.2) is 9.18 Å². The van der Waals surface area contributed by atoms with E-state index in [4.69, 9.17) is 20.8 Å². The summed E-state index contributed by atoms with van der Waals surface area (Å²) in [5.74, 6) is -1.15. The van der Waals surface area contributed by atoms with Gasteiger partial charge in [0.05, 0.1) is 5.56 Å². The molecule has 0 aliphatic heterocycles. The molecule has 3 rings (SSSR count). The molecular formula is C17H12ClFN2O3. The number of esters is 1. The first-order chi connectivity index (χ1) is 11.5. The second kappa shape index (κ2) is 6.80. The summed E-state index contributed by atoms with van der Waals surface area (Å²) in [7, 11) is 0. The molecule has 0 bridgehead atoms. The van der Waals surface area contributed by atoms with Gasteiger partial charge in [-0.15, -0.1) is 10.2 Å². The molecule has 0 aliphatic rings. The van der Waals surface area contributed by atoms with Crippen LogP contribution >= 0.6 is 11.6 Å². The first kappa shape index (κ1) is 16.1. The number of carbonyl (C=O) groups excluding carboxylic acids is 1. The molecule has 1 unspecified atom stereocenters. The fourth-order valence-electron chi connectivity index (χ4n) is 2.02. The lowest BCUT2D eigenvalue weighted by atomic mass is 10.2. The standard InChI is InChI=1S/C17H12ClFN2O3/c1-10(23-17(22)13-9-12(18)7-8-14(13)19)15-20-21-16(24-15)11-5-3-2-4-6-11/h2-10H,1H3. The summed E-state index contributed by atoms with van der Waals surface area (Å²) in [5.41, 5.74) is 0.493. The zero-order valence-corrected chi connectivity index (χ0v) is 13.3. The van der Waals surface area contributed by atoms with E-state index < -0.39 is 17.9 Å². The van der Waals surface area contributed by atoms with Crippen molar-refractivity contribution in [1.82, 2.24) is 10.2 Å². The van der Waals surface area contributed by atoms with Gasteiger partial charge >= 0.3 is 5.97 Å². The Hall–Kier alpha value is -2.73. The minimum Gasteiger partial charge on any atom is -0.449 e. The Balaban J connectivity index is 1.75. The molecule has 1 heterocycles. The van der Waals surface area contributed by atoms with Gasteiger partial charge in [0.2, 0.25) is 5.89 Å². The Morgan fingerprint density at radius 2 is 1.96 bits per heavy atom. The molecule has 0 aliphatic carbocycles. The third-order valence-electron chi connectivity index (χ3n) is 3.24. The van der Waals surface area contributed by atoms with Crippen LogP contribution < -0.4 is 0 Å². The van der Waals surface area contributed by atoms with Gasteiger partial charge in [0.25, 0.3) is 5.89 Å². The van der Waals surface area contributed by atoms with Crippen molar-refractivity contribution in [2.45, 2.75) is 13.0 Å². The lowest BCUT2D eigenvalue weighted by Crippen LogP contribution is -2.11. The van der Waals surface area contributed by atoms with Crippen molar-refractivity contribution in [3.05, 3.63) is 70.8 Å². The first-order valence-electron chi connectivity index (χ1n) is 7.09. The van der Waals surface area contributed by atoms with Crippen molar-refractivity contribution in [2.75, 3.05) is 0 Å². The molecule has 0 amide bonds. The van der Waals surface area contributed by atoms with Crippen LogP contribution in [0.15, 0.2) is 52.9 Å². The van der Waals surface area contributed by atoms with Crippen molar-refractivity contribution < 1.29 is 18.3 Å². The molecule has 0 spiro atoms. The first-order valence-corrected chi connectivity index (χ1v) is 7.47. The molecule has 0 fully saturated rings. The van der Waals surface area contributed by atoms with E-state index in [0.29, 0.717) is 5.89 Å². The van der Waals surface area contributed by atoms with Crippen molar-refractivity contribution in [2.24, 2.45) is 0 Å². The number of hydrogen-bond acceptors (Lipinski definition) is 5. The summed E-state index contributed by atoms with van der Waals surface area (Å²) < 4.78 is 24.4. The summed E-state index contributed by atoms with van der Waals surface area (Å²) in [4.78, 5) is 12.1. The molecule has 24 heavy (non-hydrogen) atoms. The quantitative estimate of drug-likeness (QED) is 0.653. The van der Waals surface area contributed by atoms with Gasteiger partial charge in [-0.1, -0.05) is 29.8 Å². The van der Waals surface area contributed by atoms with Gasteiger partial charge in [0.1, 0.15) is 5.82 Å². The van der Waals surface area contributed by atoms with E-state index in [0.717, 1.165) is 11.6 Å². The summed E-state index contributed by atoms with van der Waals surface area (Å²) >= 11 is 5.77. The van der Waals surface area contributed by atoms with E-state index in [2.05, 4.69) is 10.2 Å². The van der Waals surface area contributed by atoms with Crippen molar-refractivity contribution in [3.63, 3.8) is 0 Å². The Morgan fingerprint density at radius 3 is 2.71 bits per heavy atom. The highest BCUT2D eigenvalue weighted by Gasteiger charge is 2.22. The summed E-state index contributed by atoms with van der Waals surface area (Å²) in [5, 5.41) is 8.02. The lowest BCUT2D eigenvalue weighted by Gasteiger charge is -2.10.